The number of aromatic nitrogens is 1. The van der Waals surface area contributed by atoms with Crippen molar-refractivity contribution < 1.29 is 4.74 Å². The number of anilines is 1. The Morgan fingerprint density at radius 3 is 2.54 bits per heavy atom. The number of hydrogen-bond acceptors (Lipinski definition) is 5. The fraction of sp³-hybridized carbons (Fsp3) is 0.474. The summed E-state index contributed by atoms with van der Waals surface area (Å²) < 4.78 is 5.33. The molecular weight excluding hydrogens is 346 g/mol. The molecule has 2 aromatic rings. The Bertz CT molecular complexity index is 711. The molecule has 7 heteroatoms. The highest BCUT2D eigenvalue weighted by molar-refractivity contribution is 7.09. The number of benzene rings is 1. The molecule has 1 N–H and O–H groups in total. The molecule has 1 unspecified atom stereocenters. The first-order valence-corrected chi connectivity index (χ1v) is 9.47. The lowest BCUT2D eigenvalue weighted by Gasteiger charge is -2.21. The normalized spacial score (nSPS) is 12.8. The van der Waals surface area contributed by atoms with Gasteiger partial charge in [0.05, 0.1) is 12.2 Å². The van der Waals surface area contributed by atoms with Gasteiger partial charge in [-0.25, -0.2) is 4.98 Å². The Labute approximate surface area is 160 Å². The topological polar surface area (TPSA) is 53.0 Å². The molecule has 0 aliphatic rings. The average Bonchev–Trinajstić information content (AvgIpc) is 3.10. The SMILES string of the molecule is CN=C(NCc1ccc(N(C)C)cc1)N(C)Cc1csc(C(C)OC)n1. The predicted octanol–water partition coefficient (Wildman–Crippen LogP) is 3.12. The zero-order valence-electron chi connectivity index (χ0n) is 16.5. The number of nitrogens with one attached hydrogen (secondary N) is 1. The smallest absolute Gasteiger partial charge is 0.194 e. The van der Waals surface area contributed by atoms with Crippen molar-refractivity contribution in [1.82, 2.24) is 15.2 Å². The minimum absolute atomic E-state index is 0.0293. The van der Waals surface area contributed by atoms with Gasteiger partial charge in [-0.3, -0.25) is 4.99 Å². The number of guanidine groups is 1. The highest BCUT2D eigenvalue weighted by Gasteiger charge is 2.12. The van der Waals surface area contributed by atoms with Gasteiger partial charge in [0.2, 0.25) is 0 Å². The van der Waals surface area contributed by atoms with Crippen LogP contribution < -0.4 is 10.2 Å². The number of aliphatic imine (C=N–C) groups is 1. The van der Waals surface area contributed by atoms with Crippen LogP contribution in [0.15, 0.2) is 34.6 Å². The zero-order chi connectivity index (χ0) is 19.1. The fourth-order valence-corrected chi connectivity index (χ4v) is 3.32. The maximum Gasteiger partial charge on any atom is 0.194 e. The molecule has 6 nitrogen and oxygen atoms in total. The third-order valence-electron chi connectivity index (χ3n) is 4.15. The summed E-state index contributed by atoms with van der Waals surface area (Å²) >= 11 is 1.63. The van der Waals surface area contributed by atoms with E-state index in [0.29, 0.717) is 6.54 Å². The summed E-state index contributed by atoms with van der Waals surface area (Å²) in [4.78, 5) is 13.2. The van der Waals surface area contributed by atoms with Crippen LogP contribution in [0.25, 0.3) is 0 Å². The van der Waals surface area contributed by atoms with Gasteiger partial charge in [0.1, 0.15) is 11.1 Å². The first-order valence-electron chi connectivity index (χ1n) is 8.59. The molecule has 26 heavy (non-hydrogen) atoms. The van der Waals surface area contributed by atoms with Crippen molar-refractivity contribution in [2.75, 3.05) is 40.2 Å². The number of methoxy groups -OCH3 is 1. The third-order valence-corrected chi connectivity index (χ3v) is 5.20. The van der Waals surface area contributed by atoms with Gasteiger partial charge in [-0.05, 0) is 24.6 Å². The van der Waals surface area contributed by atoms with Crippen molar-refractivity contribution in [2.45, 2.75) is 26.1 Å². The minimum atomic E-state index is 0.0293. The molecule has 0 bridgehead atoms. The van der Waals surface area contributed by atoms with Crippen LogP contribution in [-0.4, -0.2) is 51.1 Å². The lowest BCUT2D eigenvalue weighted by atomic mass is 10.2. The second-order valence-electron chi connectivity index (χ2n) is 6.37. The van der Waals surface area contributed by atoms with E-state index in [0.717, 1.165) is 23.2 Å². The Hall–Kier alpha value is -2.12. The van der Waals surface area contributed by atoms with E-state index in [1.165, 1.54) is 11.3 Å². The van der Waals surface area contributed by atoms with E-state index >= 15 is 0 Å². The summed E-state index contributed by atoms with van der Waals surface area (Å²) in [7, 11) is 9.61. The largest absolute Gasteiger partial charge is 0.378 e. The van der Waals surface area contributed by atoms with E-state index in [2.05, 4.69) is 54.7 Å². The van der Waals surface area contributed by atoms with Gasteiger partial charge in [0, 0.05) is 52.9 Å². The first-order chi connectivity index (χ1) is 12.4. The lowest BCUT2D eigenvalue weighted by Crippen LogP contribution is -2.38. The maximum atomic E-state index is 5.33. The van der Waals surface area contributed by atoms with Crippen LogP contribution in [0, 0.1) is 0 Å². The highest BCUT2D eigenvalue weighted by Crippen LogP contribution is 2.21. The number of thiazole rings is 1. The first kappa shape index (κ1) is 20.2. The van der Waals surface area contributed by atoms with Crippen LogP contribution in [0.3, 0.4) is 0 Å². The van der Waals surface area contributed by atoms with Crippen molar-refractivity contribution in [3.8, 4) is 0 Å². The van der Waals surface area contributed by atoms with Crippen molar-refractivity contribution in [3.05, 3.63) is 45.9 Å². The summed E-state index contributed by atoms with van der Waals surface area (Å²) in [5, 5.41) is 6.49. The second-order valence-corrected chi connectivity index (χ2v) is 7.26. The van der Waals surface area contributed by atoms with E-state index in [4.69, 9.17) is 4.74 Å². The number of nitrogens with zero attached hydrogens (tertiary/aromatic N) is 4. The third kappa shape index (κ3) is 5.44. The Balaban J connectivity index is 1.92. The monoisotopic (exact) mass is 375 g/mol. The molecule has 0 aliphatic heterocycles. The number of ether oxygens (including phenoxy) is 1. The standard InChI is InChI=1S/C19H29N5OS/c1-14(25-6)18-22-16(13-26-18)12-24(5)19(20-2)21-11-15-7-9-17(10-8-15)23(3)4/h7-10,13-14H,11-12H2,1-6H3,(H,20,21). The minimum Gasteiger partial charge on any atom is -0.378 e. The molecule has 0 spiro atoms. The van der Waals surface area contributed by atoms with Crippen LogP contribution >= 0.6 is 11.3 Å². The Morgan fingerprint density at radius 2 is 1.96 bits per heavy atom. The Morgan fingerprint density at radius 1 is 1.27 bits per heavy atom. The van der Waals surface area contributed by atoms with Gasteiger partial charge < -0.3 is 19.9 Å². The van der Waals surface area contributed by atoms with Gasteiger partial charge in [0.25, 0.3) is 0 Å². The highest BCUT2D eigenvalue weighted by atomic mass is 32.1. The van der Waals surface area contributed by atoms with E-state index in [-0.39, 0.29) is 6.10 Å². The maximum absolute atomic E-state index is 5.33. The van der Waals surface area contributed by atoms with Crippen molar-refractivity contribution >= 4 is 23.0 Å². The van der Waals surface area contributed by atoms with Crippen LogP contribution in [0.1, 0.15) is 29.3 Å². The molecule has 1 atom stereocenters. The molecule has 0 radical (unpaired) electrons. The molecule has 1 aromatic carbocycles. The molecular formula is C19H29N5OS. The van der Waals surface area contributed by atoms with Gasteiger partial charge in [0.15, 0.2) is 5.96 Å². The van der Waals surface area contributed by atoms with Crippen LogP contribution in [0.5, 0.6) is 0 Å². The van der Waals surface area contributed by atoms with E-state index in [9.17, 15) is 0 Å². The fourth-order valence-electron chi connectivity index (χ4n) is 2.48. The molecule has 0 saturated heterocycles. The van der Waals surface area contributed by atoms with Gasteiger partial charge in [-0.2, -0.15) is 0 Å². The summed E-state index contributed by atoms with van der Waals surface area (Å²) in [6.45, 7) is 3.44. The van der Waals surface area contributed by atoms with Gasteiger partial charge in [-0.15, -0.1) is 11.3 Å². The van der Waals surface area contributed by atoms with E-state index in [1.807, 2.05) is 28.1 Å². The number of hydrogen-bond donors (Lipinski definition) is 1. The van der Waals surface area contributed by atoms with Crippen LogP contribution in [0.2, 0.25) is 0 Å². The average molecular weight is 376 g/mol. The summed E-state index contributed by atoms with van der Waals surface area (Å²) in [6, 6.07) is 8.51. The molecule has 0 fully saturated rings. The van der Waals surface area contributed by atoms with Crippen molar-refractivity contribution in [2.24, 2.45) is 4.99 Å². The number of rotatable bonds is 7. The predicted molar refractivity (Wildman–Crippen MR) is 110 cm³/mol. The Kier molecular flexibility index (Phi) is 7.41. The summed E-state index contributed by atoms with van der Waals surface area (Å²) in [5.41, 5.74) is 3.43. The van der Waals surface area contributed by atoms with Gasteiger partial charge >= 0.3 is 0 Å². The van der Waals surface area contributed by atoms with Gasteiger partial charge in [-0.1, -0.05) is 12.1 Å². The molecule has 2 rings (SSSR count). The second kappa shape index (κ2) is 9.54. The van der Waals surface area contributed by atoms with E-state index in [1.54, 1.807) is 25.5 Å². The molecule has 1 aromatic heterocycles. The summed E-state index contributed by atoms with van der Waals surface area (Å²) in [6.07, 6.45) is 0.0293. The summed E-state index contributed by atoms with van der Waals surface area (Å²) in [5.74, 6) is 0.844. The molecule has 0 amide bonds. The van der Waals surface area contributed by atoms with E-state index < -0.39 is 0 Å². The lowest BCUT2D eigenvalue weighted by molar-refractivity contribution is 0.119. The van der Waals surface area contributed by atoms with Crippen molar-refractivity contribution in [3.63, 3.8) is 0 Å². The zero-order valence-corrected chi connectivity index (χ0v) is 17.3. The van der Waals surface area contributed by atoms with Crippen LogP contribution in [0.4, 0.5) is 5.69 Å². The molecule has 0 saturated carbocycles. The van der Waals surface area contributed by atoms with Crippen LogP contribution in [-0.2, 0) is 17.8 Å². The molecule has 0 aliphatic carbocycles. The molecule has 142 valence electrons. The quantitative estimate of drug-likeness (QED) is 0.595. The molecule has 1 heterocycles. The van der Waals surface area contributed by atoms with Crippen molar-refractivity contribution in [1.29, 1.82) is 0 Å².